The zero-order valence-corrected chi connectivity index (χ0v) is 13.4. The molecule has 120 valence electrons. The van der Waals surface area contributed by atoms with E-state index in [2.05, 4.69) is 20.9 Å². The molecule has 2 heterocycles. The van der Waals surface area contributed by atoms with Gasteiger partial charge >= 0.3 is 5.97 Å². The van der Waals surface area contributed by atoms with Crippen molar-refractivity contribution in [3.05, 3.63) is 44.3 Å². The molecule has 3 rings (SSSR count). The van der Waals surface area contributed by atoms with Gasteiger partial charge in [-0.05, 0) is 22.0 Å². The van der Waals surface area contributed by atoms with E-state index in [4.69, 9.17) is 9.47 Å². The van der Waals surface area contributed by atoms with Gasteiger partial charge in [0.1, 0.15) is 17.4 Å². The molecule has 0 spiro atoms. The minimum Gasteiger partial charge on any atom is -0.468 e. The van der Waals surface area contributed by atoms with Crippen molar-refractivity contribution in [2.45, 2.75) is 5.41 Å². The Morgan fingerprint density at radius 1 is 1.52 bits per heavy atom. The average Bonchev–Trinajstić information content (AvgIpc) is 2.47. The van der Waals surface area contributed by atoms with Crippen LogP contribution in [0.15, 0.2) is 22.8 Å². The number of halogens is 2. The van der Waals surface area contributed by atoms with Crippen molar-refractivity contribution in [1.29, 1.82) is 0 Å². The molecule has 1 aromatic carbocycles. The number of carbonyl (C=O) groups is 1. The Hall–Kier alpha value is -2.13. The van der Waals surface area contributed by atoms with Gasteiger partial charge in [0.05, 0.1) is 40.8 Å². The molecule has 0 amide bonds. The van der Waals surface area contributed by atoms with Crippen LogP contribution in [0.3, 0.4) is 0 Å². The molecule has 7 nitrogen and oxygen atoms in total. The van der Waals surface area contributed by atoms with Crippen molar-refractivity contribution in [3.63, 3.8) is 0 Å². The number of esters is 1. The lowest BCUT2D eigenvalue weighted by atomic mass is 9.76. The fraction of sp³-hybridized carbons (Fsp3) is 0.286. The van der Waals surface area contributed by atoms with Crippen molar-refractivity contribution in [3.8, 4) is 0 Å². The molecule has 1 aliphatic rings. The first-order valence-electron chi connectivity index (χ1n) is 6.49. The van der Waals surface area contributed by atoms with E-state index in [0.717, 1.165) is 12.3 Å². The zero-order chi connectivity index (χ0) is 16.8. The molecule has 1 aromatic heterocycles. The van der Waals surface area contributed by atoms with E-state index in [9.17, 15) is 19.3 Å². The van der Waals surface area contributed by atoms with E-state index in [1.54, 1.807) is 0 Å². The number of ether oxygens (including phenoxy) is 2. The third kappa shape index (κ3) is 2.27. The van der Waals surface area contributed by atoms with Crippen LogP contribution in [0.2, 0.25) is 0 Å². The summed E-state index contributed by atoms with van der Waals surface area (Å²) in [5.74, 6) is -1.19. The lowest BCUT2D eigenvalue weighted by Gasteiger charge is -2.38. The lowest BCUT2D eigenvalue weighted by molar-refractivity contribution is -0.386. The van der Waals surface area contributed by atoms with E-state index in [-0.39, 0.29) is 34.5 Å². The summed E-state index contributed by atoms with van der Waals surface area (Å²) in [5.41, 5.74) is -1.28. The quantitative estimate of drug-likeness (QED) is 0.458. The monoisotopic (exact) mass is 384 g/mol. The Labute approximate surface area is 137 Å². The molecule has 0 aliphatic carbocycles. The number of pyridine rings is 1. The molecule has 2 aromatic rings. The number of nitro groups is 1. The first-order valence-corrected chi connectivity index (χ1v) is 7.29. The third-order valence-electron chi connectivity index (χ3n) is 3.84. The molecule has 1 saturated heterocycles. The van der Waals surface area contributed by atoms with Crippen molar-refractivity contribution < 1.29 is 23.6 Å². The summed E-state index contributed by atoms with van der Waals surface area (Å²) in [6.45, 7) is -0.0940. The standard InChI is InChI=1S/C14H10BrFN2O5/c1-22-13(19)14(5-23-6-14)12-7-2-8(15)9(16)3-10(7)17-4-11(12)18(20)21/h2-4H,5-6H2,1H3. The van der Waals surface area contributed by atoms with Gasteiger partial charge in [-0.2, -0.15) is 0 Å². The first-order chi connectivity index (χ1) is 10.9. The Kier molecular flexibility index (Phi) is 3.77. The lowest BCUT2D eigenvalue weighted by Crippen LogP contribution is -2.54. The van der Waals surface area contributed by atoms with Gasteiger partial charge in [-0.15, -0.1) is 0 Å². The predicted octanol–water partition coefficient (Wildman–Crippen LogP) is 2.49. The zero-order valence-electron chi connectivity index (χ0n) is 11.8. The molecule has 9 heteroatoms. The second kappa shape index (κ2) is 5.50. The van der Waals surface area contributed by atoms with Gasteiger partial charge in [0.2, 0.25) is 0 Å². The van der Waals surface area contributed by atoms with E-state index in [1.165, 1.54) is 13.2 Å². The van der Waals surface area contributed by atoms with Crippen LogP contribution >= 0.6 is 15.9 Å². The van der Waals surface area contributed by atoms with Crippen LogP contribution in [0.4, 0.5) is 10.1 Å². The smallest absolute Gasteiger partial charge is 0.321 e. The maximum atomic E-state index is 13.7. The van der Waals surface area contributed by atoms with Crippen LogP contribution < -0.4 is 0 Å². The van der Waals surface area contributed by atoms with Gasteiger partial charge in [0, 0.05) is 11.5 Å². The van der Waals surface area contributed by atoms with Crippen LogP contribution in [0.25, 0.3) is 10.9 Å². The summed E-state index contributed by atoms with van der Waals surface area (Å²) < 4.78 is 23.8. The van der Waals surface area contributed by atoms with Gasteiger partial charge in [-0.1, -0.05) is 0 Å². The molecular weight excluding hydrogens is 375 g/mol. The maximum Gasteiger partial charge on any atom is 0.321 e. The normalized spacial score (nSPS) is 16.0. The van der Waals surface area contributed by atoms with Crippen LogP contribution in [0.5, 0.6) is 0 Å². The molecule has 23 heavy (non-hydrogen) atoms. The number of nitrogens with zero attached hydrogens (tertiary/aromatic N) is 2. The largest absolute Gasteiger partial charge is 0.468 e. The molecule has 0 atom stereocenters. The van der Waals surface area contributed by atoms with Crippen LogP contribution in [-0.4, -0.2) is 36.2 Å². The molecule has 0 radical (unpaired) electrons. The number of rotatable bonds is 3. The Morgan fingerprint density at radius 3 is 2.74 bits per heavy atom. The highest BCUT2D eigenvalue weighted by Crippen LogP contribution is 2.43. The van der Waals surface area contributed by atoms with Crippen molar-refractivity contribution in [2.75, 3.05) is 20.3 Å². The minimum atomic E-state index is -1.30. The summed E-state index contributed by atoms with van der Waals surface area (Å²) in [4.78, 5) is 27.0. The molecule has 0 saturated carbocycles. The van der Waals surface area contributed by atoms with Crippen LogP contribution in [0, 0.1) is 15.9 Å². The molecule has 1 fully saturated rings. The number of fused-ring (bicyclic) bond motifs is 1. The van der Waals surface area contributed by atoms with Crippen molar-refractivity contribution in [2.24, 2.45) is 0 Å². The summed E-state index contributed by atoms with van der Waals surface area (Å²) in [6.07, 6.45) is 1.02. The minimum absolute atomic E-state index is 0.0470. The molecule has 0 N–H and O–H groups in total. The van der Waals surface area contributed by atoms with E-state index >= 15 is 0 Å². The van der Waals surface area contributed by atoms with Crippen LogP contribution in [-0.2, 0) is 19.7 Å². The highest BCUT2D eigenvalue weighted by atomic mass is 79.9. The highest BCUT2D eigenvalue weighted by Gasteiger charge is 2.53. The molecule has 0 unspecified atom stereocenters. The fourth-order valence-electron chi connectivity index (χ4n) is 2.68. The summed E-state index contributed by atoms with van der Waals surface area (Å²) >= 11 is 3.05. The topological polar surface area (TPSA) is 91.6 Å². The number of methoxy groups -OCH3 is 1. The second-order valence-electron chi connectivity index (χ2n) is 5.13. The fourth-order valence-corrected chi connectivity index (χ4v) is 3.03. The second-order valence-corrected chi connectivity index (χ2v) is 5.98. The summed E-state index contributed by atoms with van der Waals surface area (Å²) in [6, 6.07) is 2.53. The van der Waals surface area contributed by atoms with Crippen molar-refractivity contribution in [1.82, 2.24) is 4.98 Å². The highest BCUT2D eigenvalue weighted by molar-refractivity contribution is 9.10. The van der Waals surface area contributed by atoms with Gasteiger partial charge in [0.25, 0.3) is 5.69 Å². The number of benzene rings is 1. The Bertz CT molecular complexity index is 838. The summed E-state index contributed by atoms with van der Waals surface area (Å²) in [5, 5.41) is 11.7. The SMILES string of the molecule is COC(=O)C1(c2c([N+](=O)[O-])cnc3cc(F)c(Br)cc23)COC1. The number of hydrogen-bond acceptors (Lipinski definition) is 6. The first kappa shape index (κ1) is 15.8. The third-order valence-corrected chi connectivity index (χ3v) is 4.45. The molecule has 1 aliphatic heterocycles. The van der Waals surface area contributed by atoms with Gasteiger partial charge < -0.3 is 9.47 Å². The maximum absolute atomic E-state index is 13.7. The number of aromatic nitrogens is 1. The van der Waals surface area contributed by atoms with E-state index in [0.29, 0.717) is 5.39 Å². The van der Waals surface area contributed by atoms with E-state index < -0.39 is 22.1 Å². The van der Waals surface area contributed by atoms with Gasteiger partial charge in [0.15, 0.2) is 0 Å². The molecule has 0 bridgehead atoms. The Morgan fingerprint density at radius 2 is 2.22 bits per heavy atom. The average molecular weight is 385 g/mol. The van der Waals surface area contributed by atoms with Crippen molar-refractivity contribution >= 4 is 38.5 Å². The predicted molar refractivity (Wildman–Crippen MR) is 80.6 cm³/mol. The van der Waals surface area contributed by atoms with Gasteiger partial charge in [-0.25, -0.2) is 9.37 Å². The van der Waals surface area contributed by atoms with Gasteiger partial charge in [-0.3, -0.25) is 14.9 Å². The Balaban J connectivity index is 2.40. The molecular formula is C14H10BrFN2O5. The van der Waals surface area contributed by atoms with Crippen LogP contribution in [0.1, 0.15) is 5.56 Å². The number of hydrogen-bond donors (Lipinski definition) is 0. The number of carbonyl (C=O) groups excluding carboxylic acids is 1. The van der Waals surface area contributed by atoms with E-state index in [1.807, 2.05) is 0 Å². The summed E-state index contributed by atoms with van der Waals surface area (Å²) in [7, 11) is 1.20.